The van der Waals surface area contributed by atoms with Crippen molar-refractivity contribution in [3.05, 3.63) is 305 Å². The molecule has 570 valence electrons. The molecule has 0 unspecified atom stereocenters. The van der Waals surface area contributed by atoms with Crippen molar-refractivity contribution in [1.82, 2.24) is 55.5 Å². The van der Waals surface area contributed by atoms with Crippen LogP contribution in [0.1, 0.15) is 96.4 Å². The highest BCUT2D eigenvalue weighted by molar-refractivity contribution is 7.91. The number of nitrogen functional groups attached to an aromatic ring is 3. The number of benzene rings is 6. The molecule has 2 amide bonds. The van der Waals surface area contributed by atoms with Gasteiger partial charge in [0.1, 0.15) is 17.5 Å². The predicted molar refractivity (Wildman–Crippen MR) is 439 cm³/mol. The minimum absolute atomic E-state index is 0. The van der Waals surface area contributed by atoms with Gasteiger partial charge in [0.2, 0.25) is 0 Å². The van der Waals surface area contributed by atoms with Crippen molar-refractivity contribution in [3.8, 4) is 0 Å². The summed E-state index contributed by atoms with van der Waals surface area (Å²) in [6.07, 6.45) is 19.9. The number of carbonyl (C=O) groups is 3. The Bertz CT molecular complexity index is 6180. The van der Waals surface area contributed by atoms with E-state index in [4.69, 9.17) is 27.7 Å². The molecule has 0 aliphatic carbocycles. The summed E-state index contributed by atoms with van der Waals surface area (Å²) in [5.41, 5.74) is 34.3. The molecule has 0 atom stereocenters. The SMILES string of the molecule is C.C.COC(=O)c1ccnc(Cc2cnc3ccc(S(C)(=O)=O)cc3c2)c1.CS(=O)(=O)c1ccc2ncc(Cc3cc(C(=O)NCc4ccc5c(N)nccc5c4)ccn3)cc2c1.CS(=O)(=O)c1ccc2ncc(Cc3cc(C(=O)NCc4ccc5c(N)nccc5c4)ccn3)cc2c1.NCc1ccc2c(N)nccc2c1. The zero-order valence-corrected chi connectivity index (χ0v) is 62.4. The first-order valence-corrected chi connectivity index (χ1v) is 39.7. The molecule has 28 heteroatoms. The Kier molecular flexibility index (Phi) is 25.8. The van der Waals surface area contributed by atoms with E-state index in [1.165, 1.54) is 25.9 Å². The lowest BCUT2D eigenvalue weighted by Gasteiger charge is -2.09. The van der Waals surface area contributed by atoms with E-state index in [0.29, 0.717) is 107 Å². The van der Waals surface area contributed by atoms with Crippen LogP contribution in [-0.4, -0.2) is 114 Å². The standard InChI is InChI=1S/2C27H23N5O3S.C18H16N2O4S.C10H11N3.2CH4/c2*1-36(34,35)23-3-5-25-21(14-23)11-18(16-31-25)12-22-13-20(7-8-29-22)27(33)32-15-17-2-4-24-19(10-17)6-9-30-26(24)28;1-24-18(21)13-5-6-19-15(9-13)8-12-7-14-10-16(25(2,22)23)3-4-17(14)20-11-12;11-6-7-1-2-9-8(5-7)3-4-13-10(9)12;;/h2*2-11,13-14,16H,12,15H2,1H3,(H2,28,30)(H,32,33);3-7,9-11H,8H2,1-2H3;1-5H,6,11H2,(H2,12,13);2*1H4. The molecule has 15 aromatic rings. The minimum atomic E-state index is -3.31. The normalized spacial score (nSPS) is 11.2. The Hall–Kier alpha value is -13.2. The van der Waals surface area contributed by atoms with Gasteiger partial charge in [0.15, 0.2) is 29.5 Å². The van der Waals surface area contributed by atoms with Crippen LogP contribution in [0.4, 0.5) is 17.5 Å². The van der Waals surface area contributed by atoms with E-state index in [0.717, 1.165) is 81.9 Å². The molecule has 0 spiro atoms. The summed E-state index contributed by atoms with van der Waals surface area (Å²) >= 11 is 0. The maximum atomic E-state index is 12.8. The number of hydrogen-bond donors (Lipinski definition) is 6. The number of nitrogens with one attached hydrogen (secondary N) is 2. The molecule has 0 fully saturated rings. The quantitative estimate of drug-likeness (QED) is 0.0461. The van der Waals surface area contributed by atoms with Crippen LogP contribution < -0.4 is 33.6 Å². The summed E-state index contributed by atoms with van der Waals surface area (Å²) in [6.45, 7) is 1.29. The van der Waals surface area contributed by atoms with E-state index in [1.54, 1.807) is 147 Å². The topological polar surface area (TPSA) is 407 Å². The number of nitrogens with zero attached hydrogens (tertiary/aromatic N) is 9. The van der Waals surface area contributed by atoms with Gasteiger partial charge >= 0.3 is 5.97 Å². The first-order valence-electron chi connectivity index (χ1n) is 34.1. The monoisotopic (exact) mass is 1560 g/mol. The van der Waals surface area contributed by atoms with Crippen molar-refractivity contribution in [2.45, 2.75) is 68.4 Å². The summed E-state index contributed by atoms with van der Waals surface area (Å²) in [5, 5.41) is 13.9. The third-order valence-corrected chi connectivity index (χ3v) is 21.0. The number of pyridine rings is 9. The molecule has 0 saturated carbocycles. The maximum absolute atomic E-state index is 12.8. The van der Waals surface area contributed by atoms with Crippen LogP contribution in [-0.2, 0) is 73.1 Å². The number of ether oxygens (including phenoxy) is 1. The van der Waals surface area contributed by atoms with E-state index < -0.39 is 35.5 Å². The molecule has 25 nitrogen and oxygen atoms in total. The third-order valence-electron chi connectivity index (χ3n) is 17.7. The molecule has 10 N–H and O–H groups in total. The van der Waals surface area contributed by atoms with Crippen molar-refractivity contribution >= 4 is 130 Å². The van der Waals surface area contributed by atoms with Gasteiger partial charge in [-0.05, 0) is 195 Å². The Morgan fingerprint density at radius 2 is 0.652 bits per heavy atom. The Labute approximate surface area is 647 Å². The van der Waals surface area contributed by atoms with Crippen molar-refractivity contribution in [2.24, 2.45) is 5.73 Å². The van der Waals surface area contributed by atoms with E-state index >= 15 is 0 Å². The third kappa shape index (κ3) is 20.6. The zero-order valence-electron chi connectivity index (χ0n) is 59.9. The number of rotatable bonds is 17. The highest BCUT2D eigenvalue weighted by Crippen LogP contribution is 2.27. The highest BCUT2D eigenvalue weighted by atomic mass is 32.2. The number of fused-ring (bicyclic) bond motifs is 6. The van der Waals surface area contributed by atoms with Crippen LogP contribution >= 0.6 is 0 Å². The van der Waals surface area contributed by atoms with Crippen LogP contribution in [0.3, 0.4) is 0 Å². The minimum Gasteiger partial charge on any atom is -0.465 e. The summed E-state index contributed by atoms with van der Waals surface area (Å²) in [7, 11) is -8.57. The molecule has 0 radical (unpaired) electrons. The van der Waals surface area contributed by atoms with Gasteiger partial charge in [-0.25, -0.2) is 45.0 Å². The molecule has 0 aliphatic rings. The number of sulfone groups is 3. The first kappa shape index (κ1) is 81.4. The fourth-order valence-electron chi connectivity index (χ4n) is 12.0. The number of carbonyl (C=O) groups excluding carboxylic acids is 3. The lowest BCUT2D eigenvalue weighted by molar-refractivity contribution is 0.0600. The summed E-state index contributed by atoms with van der Waals surface area (Å²) in [5.74, 6) is 0.693. The van der Waals surface area contributed by atoms with Crippen molar-refractivity contribution in [2.75, 3.05) is 43.1 Å². The van der Waals surface area contributed by atoms with E-state index in [9.17, 15) is 39.6 Å². The fourth-order valence-corrected chi connectivity index (χ4v) is 14.0. The average Bonchev–Trinajstić information content (AvgIpc) is 0.807. The number of methoxy groups -OCH3 is 1. The molecule has 15 rings (SSSR count). The predicted octanol–water partition coefficient (Wildman–Crippen LogP) is 12.3. The van der Waals surface area contributed by atoms with Crippen LogP contribution in [0.25, 0.3) is 65.0 Å². The highest BCUT2D eigenvalue weighted by Gasteiger charge is 2.17. The van der Waals surface area contributed by atoms with Crippen molar-refractivity contribution in [3.63, 3.8) is 0 Å². The van der Waals surface area contributed by atoms with Crippen molar-refractivity contribution < 1.29 is 44.4 Å². The number of hydrogen-bond acceptors (Lipinski definition) is 23. The maximum Gasteiger partial charge on any atom is 0.337 e. The van der Waals surface area contributed by atoms with Crippen LogP contribution in [0.5, 0.6) is 0 Å². The molecule has 6 aromatic carbocycles. The molecular weight excluding hydrogens is 1480 g/mol. The number of amides is 2. The van der Waals surface area contributed by atoms with Crippen LogP contribution in [0.2, 0.25) is 0 Å². The molecule has 9 heterocycles. The van der Waals surface area contributed by atoms with Gasteiger partial charge in [-0.3, -0.25) is 39.5 Å². The average molecular weight is 1560 g/mol. The lowest BCUT2D eigenvalue weighted by atomic mass is 10.1. The second kappa shape index (κ2) is 35.5. The van der Waals surface area contributed by atoms with Crippen LogP contribution in [0.15, 0.2) is 252 Å². The first-order chi connectivity index (χ1) is 52.7. The Balaban J connectivity index is 0.000000165. The molecule has 112 heavy (non-hydrogen) atoms. The number of esters is 1. The second-order valence-electron chi connectivity index (χ2n) is 25.9. The van der Waals surface area contributed by atoms with Gasteiger partial charge in [-0.15, -0.1) is 0 Å². The van der Waals surface area contributed by atoms with Gasteiger partial charge in [-0.2, -0.15) is 0 Å². The molecule has 0 saturated heterocycles. The number of nitrogens with two attached hydrogens (primary N) is 4. The second-order valence-corrected chi connectivity index (χ2v) is 31.9. The fraction of sp³-hybridized carbons (Fsp3) is 0.143. The molecular formula is C84H81N15O10S3. The summed E-state index contributed by atoms with van der Waals surface area (Å²) in [4.78, 5) is 76.4. The van der Waals surface area contributed by atoms with Gasteiger partial charge in [0.25, 0.3) is 11.8 Å². The lowest BCUT2D eigenvalue weighted by Crippen LogP contribution is -2.23. The van der Waals surface area contributed by atoms with E-state index in [2.05, 4.69) is 55.5 Å². The zero-order chi connectivity index (χ0) is 77.9. The Morgan fingerprint density at radius 1 is 0.348 bits per heavy atom. The van der Waals surface area contributed by atoms with Crippen LogP contribution in [0, 0.1) is 0 Å². The Morgan fingerprint density at radius 3 is 0.982 bits per heavy atom. The summed E-state index contributed by atoms with van der Waals surface area (Å²) < 4.78 is 75.7. The van der Waals surface area contributed by atoms with Gasteiger partial charge in [0.05, 0.1) is 43.9 Å². The van der Waals surface area contributed by atoms with E-state index in [-0.39, 0.29) is 41.4 Å². The summed E-state index contributed by atoms with van der Waals surface area (Å²) in [6, 6.07) is 53.6. The smallest absolute Gasteiger partial charge is 0.337 e. The van der Waals surface area contributed by atoms with Gasteiger partial charge in [0, 0.05) is 174 Å². The molecule has 0 aliphatic heterocycles. The largest absolute Gasteiger partial charge is 0.465 e. The van der Waals surface area contributed by atoms with Gasteiger partial charge < -0.3 is 38.3 Å². The van der Waals surface area contributed by atoms with Gasteiger partial charge in [-0.1, -0.05) is 51.3 Å². The number of aromatic nitrogens is 9. The molecule has 0 bridgehead atoms. The molecule has 9 aromatic heterocycles. The van der Waals surface area contributed by atoms with Crippen molar-refractivity contribution in [1.29, 1.82) is 0 Å². The van der Waals surface area contributed by atoms with E-state index in [1.807, 2.05) is 91.0 Å². The number of anilines is 3.